The Kier molecular flexibility index (Phi) is 2.47. The lowest BCUT2D eigenvalue weighted by molar-refractivity contribution is 0.488. The van der Waals surface area contributed by atoms with Crippen molar-refractivity contribution in [1.82, 2.24) is 0 Å². The van der Waals surface area contributed by atoms with E-state index in [-0.39, 0.29) is 0 Å². The lowest BCUT2D eigenvalue weighted by atomic mass is 10.2. The van der Waals surface area contributed by atoms with Crippen LogP contribution in [-0.4, -0.2) is 13.3 Å². The molecule has 0 fully saturated rings. The highest BCUT2D eigenvalue weighted by Gasteiger charge is 2.03. The van der Waals surface area contributed by atoms with Crippen LogP contribution in [0, 0.1) is 6.92 Å². The molecule has 11 heavy (non-hydrogen) atoms. The molecule has 0 aliphatic rings. The molecule has 1 rings (SSSR count). The van der Waals surface area contributed by atoms with Crippen molar-refractivity contribution in [1.29, 1.82) is 0 Å². The summed E-state index contributed by atoms with van der Waals surface area (Å²) in [7, 11) is 1.77. The predicted molar refractivity (Wildman–Crippen MR) is 46.3 cm³/mol. The fraction of sp³-hybridized carbons (Fsp3) is 0.444. The van der Waals surface area contributed by atoms with Crippen LogP contribution in [0.2, 0.25) is 0 Å². The average molecular weight is 151 g/mol. The quantitative estimate of drug-likeness (QED) is 0.595. The SMILES string of the molecule is CCc1oc(C)cc1C=NC. The van der Waals surface area contributed by atoms with Gasteiger partial charge in [-0.1, -0.05) is 6.92 Å². The van der Waals surface area contributed by atoms with Gasteiger partial charge in [-0.2, -0.15) is 0 Å². The smallest absolute Gasteiger partial charge is 0.112 e. The lowest BCUT2D eigenvalue weighted by Gasteiger charge is -1.89. The van der Waals surface area contributed by atoms with Crippen LogP contribution in [0.25, 0.3) is 0 Å². The van der Waals surface area contributed by atoms with Crippen LogP contribution in [0.1, 0.15) is 24.0 Å². The van der Waals surface area contributed by atoms with Gasteiger partial charge in [-0.3, -0.25) is 4.99 Å². The van der Waals surface area contributed by atoms with E-state index in [1.807, 2.05) is 19.2 Å². The summed E-state index contributed by atoms with van der Waals surface area (Å²) in [6, 6.07) is 2.01. The Labute approximate surface area is 66.9 Å². The summed E-state index contributed by atoms with van der Waals surface area (Å²) in [6.45, 7) is 4.03. The molecular weight excluding hydrogens is 138 g/mol. The zero-order chi connectivity index (χ0) is 8.27. The normalized spacial score (nSPS) is 11.2. The van der Waals surface area contributed by atoms with Crippen molar-refractivity contribution in [3.8, 4) is 0 Å². The highest BCUT2D eigenvalue weighted by molar-refractivity contribution is 5.80. The van der Waals surface area contributed by atoms with Crippen molar-refractivity contribution in [3.05, 3.63) is 23.2 Å². The summed E-state index contributed by atoms with van der Waals surface area (Å²) in [4.78, 5) is 3.94. The van der Waals surface area contributed by atoms with Crippen LogP contribution in [0.4, 0.5) is 0 Å². The van der Waals surface area contributed by atoms with Gasteiger partial charge in [-0.05, 0) is 13.0 Å². The fourth-order valence-corrected chi connectivity index (χ4v) is 1.11. The second-order valence-corrected chi connectivity index (χ2v) is 2.48. The van der Waals surface area contributed by atoms with E-state index in [1.165, 1.54) is 0 Å². The molecule has 1 aromatic rings. The van der Waals surface area contributed by atoms with Gasteiger partial charge in [0.1, 0.15) is 11.5 Å². The Hall–Kier alpha value is -1.05. The highest BCUT2D eigenvalue weighted by atomic mass is 16.3. The molecule has 0 saturated carbocycles. The summed E-state index contributed by atoms with van der Waals surface area (Å²) < 4.78 is 5.43. The standard InChI is InChI=1S/C9H13NO/c1-4-9-8(6-10-3)5-7(2)11-9/h5-6H,4H2,1-3H3. The summed E-state index contributed by atoms with van der Waals surface area (Å²) in [6.07, 6.45) is 2.75. The number of hydrogen-bond donors (Lipinski definition) is 0. The monoisotopic (exact) mass is 151 g/mol. The maximum absolute atomic E-state index is 5.43. The number of nitrogens with zero attached hydrogens (tertiary/aromatic N) is 1. The number of aryl methyl sites for hydroxylation is 2. The Bertz CT molecular complexity index is 261. The van der Waals surface area contributed by atoms with E-state index in [9.17, 15) is 0 Å². The fourth-order valence-electron chi connectivity index (χ4n) is 1.11. The molecule has 0 radical (unpaired) electrons. The second-order valence-electron chi connectivity index (χ2n) is 2.48. The largest absolute Gasteiger partial charge is 0.466 e. The molecule has 0 bridgehead atoms. The topological polar surface area (TPSA) is 25.5 Å². The van der Waals surface area contributed by atoms with Crippen LogP contribution in [0.3, 0.4) is 0 Å². The molecule has 2 heteroatoms. The van der Waals surface area contributed by atoms with Gasteiger partial charge in [0.05, 0.1) is 0 Å². The molecule has 0 aliphatic carbocycles. The molecule has 1 aromatic heterocycles. The molecule has 1 heterocycles. The summed E-state index contributed by atoms with van der Waals surface area (Å²) in [5, 5.41) is 0. The van der Waals surface area contributed by atoms with Crippen LogP contribution >= 0.6 is 0 Å². The van der Waals surface area contributed by atoms with E-state index in [1.54, 1.807) is 7.05 Å². The molecule has 0 aliphatic heterocycles. The van der Waals surface area contributed by atoms with Crippen molar-refractivity contribution < 1.29 is 4.42 Å². The van der Waals surface area contributed by atoms with Gasteiger partial charge < -0.3 is 4.42 Å². The average Bonchev–Trinajstić information content (AvgIpc) is 2.32. The molecule has 0 unspecified atom stereocenters. The first-order chi connectivity index (χ1) is 5.27. The first-order valence-corrected chi connectivity index (χ1v) is 3.79. The first-order valence-electron chi connectivity index (χ1n) is 3.79. The van der Waals surface area contributed by atoms with Crippen LogP contribution in [-0.2, 0) is 6.42 Å². The molecule has 0 saturated heterocycles. The maximum atomic E-state index is 5.43. The van der Waals surface area contributed by atoms with Gasteiger partial charge in [-0.25, -0.2) is 0 Å². The second kappa shape index (κ2) is 3.37. The Morgan fingerprint density at radius 3 is 2.91 bits per heavy atom. The van der Waals surface area contributed by atoms with Gasteiger partial charge in [0.25, 0.3) is 0 Å². The van der Waals surface area contributed by atoms with Gasteiger partial charge in [0.15, 0.2) is 0 Å². The lowest BCUT2D eigenvalue weighted by Crippen LogP contribution is -1.83. The molecule has 0 amide bonds. The van der Waals surface area contributed by atoms with Crippen molar-refractivity contribution in [2.75, 3.05) is 7.05 Å². The minimum atomic E-state index is 0.926. The first kappa shape index (κ1) is 8.05. The molecule has 0 aromatic carbocycles. The van der Waals surface area contributed by atoms with Gasteiger partial charge in [-0.15, -0.1) is 0 Å². The van der Waals surface area contributed by atoms with Crippen LogP contribution in [0.5, 0.6) is 0 Å². The Balaban J connectivity index is 3.01. The van der Waals surface area contributed by atoms with Crippen molar-refractivity contribution >= 4 is 6.21 Å². The summed E-state index contributed by atoms with van der Waals surface area (Å²) >= 11 is 0. The number of furan rings is 1. The Morgan fingerprint density at radius 1 is 1.64 bits per heavy atom. The third-order valence-electron chi connectivity index (χ3n) is 1.55. The van der Waals surface area contributed by atoms with Gasteiger partial charge >= 0.3 is 0 Å². The summed E-state index contributed by atoms with van der Waals surface area (Å²) in [5.74, 6) is 1.98. The predicted octanol–water partition coefficient (Wildman–Crippen LogP) is 2.20. The zero-order valence-electron chi connectivity index (χ0n) is 7.22. The van der Waals surface area contributed by atoms with E-state index in [0.717, 1.165) is 23.5 Å². The van der Waals surface area contributed by atoms with Crippen molar-refractivity contribution in [3.63, 3.8) is 0 Å². The minimum Gasteiger partial charge on any atom is -0.466 e. The van der Waals surface area contributed by atoms with Gasteiger partial charge in [0.2, 0.25) is 0 Å². The Morgan fingerprint density at radius 2 is 2.36 bits per heavy atom. The molecule has 0 N–H and O–H groups in total. The summed E-state index contributed by atoms with van der Waals surface area (Å²) in [5.41, 5.74) is 1.10. The molecule has 0 spiro atoms. The maximum Gasteiger partial charge on any atom is 0.112 e. The molecular formula is C9H13NO. The van der Waals surface area contributed by atoms with E-state index in [2.05, 4.69) is 11.9 Å². The van der Waals surface area contributed by atoms with E-state index in [4.69, 9.17) is 4.42 Å². The van der Waals surface area contributed by atoms with Crippen LogP contribution < -0.4 is 0 Å². The highest BCUT2D eigenvalue weighted by Crippen LogP contribution is 2.13. The number of hydrogen-bond acceptors (Lipinski definition) is 2. The molecule has 60 valence electrons. The van der Waals surface area contributed by atoms with E-state index < -0.39 is 0 Å². The number of aliphatic imine (C=N–C) groups is 1. The van der Waals surface area contributed by atoms with E-state index >= 15 is 0 Å². The third-order valence-corrected chi connectivity index (χ3v) is 1.55. The van der Waals surface area contributed by atoms with E-state index in [0.29, 0.717) is 0 Å². The zero-order valence-corrected chi connectivity index (χ0v) is 7.22. The van der Waals surface area contributed by atoms with Crippen molar-refractivity contribution in [2.45, 2.75) is 20.3 Å². The van der Waals surface area contributed by atoms with Crippen molar-refractivity contribution in [2.24, 2.45) is 4.99 Å². The third kappa shape index (κ3) is 1.70. The molecule has 0 atom stereocenters. The van der Waals surface area contributed by atoms with Crippen LogP contribution in [0.15, 0.2) is 15.5 Å². The molecule has 2 nitrogen and oxygen atoms in total. The van der Waals surface area contributed by atoms with Gasteiger partial charge in [0, 0.05) is 25.2 Å². The minimum absolute atomic E-state index is 0.926. The number of rotatable bonds is 2.